The van der Waals surface area contributed by atoms with Gasteiger partial charge in [0.15, 0.2) is 0 Å². The maximum Gasteiger partial charge on any atom is 0.249 e. The van der Waals surface area contributed by atoms with Gasteiger partial charge < -0.3 is 14.8 Å². The number of rotatable bonds is 7. The van der Waals surface area contributed by atoms with Crippen LogP contribution in [0.2, 0.25) is 0 Å². The standard InChI is InChI=1S/C26H35N3O3/c1-18-19(2)23(31-3)12-11-20(18)16-29-14-6-8-21(17-29)25(22-9-4-5-13-27-22)28-26(30)24-10-7-15-32-24/h4-5,9,11-13,21,24-25H,6-8,10,14-17H2,1-3H3,(H,28,30)/t21-,24+,25+/m0/s1. The highest BCUT2D eigenvalue weighted by Crippen LogP contribution is 2.31. The number of carbonyl (C=O) groups excluding carboxylic acids is 1. The highest BCUT2D eigenvalue weighted by atomic mass is 16.5. The van der Waals surface area contributed by atoms with Crippen LogP contribution in [0, 0.1) is 19.8 Å². The molecule has 1 amide bonds. The number of methoxy groups -OCH3 is 1. The Hall–Kier alpha value is -2.44. The SMILES string of the molecule is COc1ccc(CN2CCC[C@H]([C@@H](NC(=O)[C@H]3CCCO3)c3ccccn3)C2)c(C)c1C. The highest BCUT2D eigenvalue weighted by molar-refractivity contribution is 5.81. The van der Waals surface area contributed by atoms with Crippen LogP contribution in [0.1, 0.15) is 54.1 Å². The molecule has 2 saturated heterocycles. The van der Waals surface area contributed by atoms with E-state index in [1.54, 1.807) is 7.11 Å². The summed E-state index contributed by atoms with van der Waals surface area (Å²) in [6.45, 7) is 7.86. The molecule has 0 saturated carbocycles. The Morgan fingerprint density at radius 2 is 2.09 bits per heavy atom. The first kappa shape index (κ1) is 22.7. The minimum Gasteiger partial charge on any atom is -0.496 e. The Morgan fingerprint density at radius 3 is 2.81 bits per heavy atom. The molecule has 4 rings (SSSR count). The van der Waals surface area contributed by atoms with Crippen molar-refractivity contribution in [1.29, 1.82) is 0 Å². The van der Waals surface area contributed by atoms with Crippen LogP contribution in [-0.4, -0.2) is 48.7 Å². The smallest absolute Gasteiger partial charge is 0.249 e. The third-order valence-electron chi connectivity index (χ3n) is 7.00. The van der Waals surface area contributed by atoms with Gasteiger partial charge in [-0.1, -0.05) is 12.1 Å². The van der Waals surface area contributed by atoms with Crippen LogP contribution in [0.3, 0.4) is 0 Å². The summed E-state index contributed by atoms with van der Waals surface area (Å²) in [5, 5.41) is 3.30. The first-order chi connectivity index (χ1) is 15.6. The molecule has 1 aromatic heterocycles. The van der Waals surface area contributed by atoms with E-state index >= 15 is 0 Å². The molecule has 6 heteroatoms. The molecule has 1 N–H and O–H groups in total. The monoisotopic (exact) mass is 437 g/mol. The fraction of sp³-hybridized carbons (Fsp3) is 0.538. The molecule has 2 aliphatic heterocycles. The van der Waals surface area contributed by atoms with E-state index in [0.29, 0.717) is 12.5 Å². The Balaban J connectivity index is 1.49. The molecule has 3 heterocycles. The number of hydrogen-bond acceptors (Lipinski definition) is 5. The number of nitrogens with one attached hydrogen (secondary N) is 1. The quantitative estimate of drug-likeness (QED) is 0.711. The fourth-order valence-corrected chi connectivity index (χ4v) is 5.02. The number of carbonyl (C=O) groups is 1. The lowest BCUT2D eigenvalue weighted by molar-refractivity contribution is -0.131. The summed E-state index contributed by atoms with van der Waals surface area (Å²) in [7, 11) is 1.72. The van der Waals surface area contributed by atoms with Crippen LogP contribution in [0.5, 0.6) is 5.75 Å². The van der Waals surface area contributed by atoms with Crippen molar-refractivity contribution in [3.05, 3.63) is 58.9 Å². The molecule has 6 nitrogen and oxygen atoms in total. The number of likely N-dealkylation sites (tertiary alicyclic amines) is 1. The van der Waals surface area contributed by atoms with Gasteiger partial charge in [-0.2, -0.15) is 0 Å². The summed E-state index contributed by atoms with van der Waals surface area (Å²) in [5.41, 5.74) is 4.76. The van der Waals surface area contributed by atoms with Gasteiger partial charge in [-0.25, -0.2) is 0 Å². The lowest BCUT2D eigenvalue weighted by atomic mass is 9.87. The molecule has 0 aliphatic carbocycles. The molecule has 0 radical (unpaired) electrons. The molecule has 3 atom stereocenters. The fourth-order valence-electron chi connectivity index (χ4n) is 5.02. The third kappa shape index (κ3) is 5.13. The van der Waals surface area contributed by atoms with Crippen molar-refractivity contribution in [2.75, 3.05) is 26.8 Å². The van der Waals surface area contributed by atoms with E-state index in [1.165, 1.54) is 16.7 Å². The van der Waals surface area contributed by atoms with Gasteiger partial charge in [-0.05, 0) is 86.9 Å². The van der Waals surface area contributed by atoms with Crippen LogP contribution < -0.4 is 10.1 Å². The summed E-state index contributed by atoms with van der Waals surface area (Å²) in [4.78, 5) is 20.0. The second-order valence-electron chi connectivity index (χ2n) is 9.06. The summed E-state index contributed by atoms with van der Waals surface area (Å²) in [6, 6.07) is 10.1. The Labute approximate surface area is 191 Å². The van der Waals surface area contributed by atoms with E-state index in [4.69, 9.17) is 9.47 Å². The number of piperidine rings is 1. The second kappa shape index (κ2) is 10.5. The van der Waals surface area contributed by atoms with E-state index in [-0.39, 0.29) is 18.1 Å². The van der Waals surface area contributed by atoms with Gasteiger partial charge in [0.05, 0.1) is 18.8 Å². The van der Waals surface area contributed by atoms with Crippen LogP contribution in [0.25, 0.3) is 0 Å². The number of amides is 1. The molecule has 172 valence electrons. The lowest BCUT2D eigenvalue weighted by Crippen LogP contribution is -2.45. The molecule has 1 aromatic carbocycles. The molecular formula is C26H35N3O3. The first-order valence-electron chi connectivity index (χ1n) is 11.7. The van der Waals surface area contributed by atoms with Gasteiger partial charge in [0, 0.05) is 25.9 Å². The summed E-state index contributed by atoms with van der Waals surface area (Å²) < 4.78 is 11.1. The predicted octanol–water partition coefficient (Wildman–Crippen LogP) is 3.96. The minimum absolute atomic E-state index is 0.00287. The van der Waals surface area contributed by atoms with Crippen molar-refractivity contribution in [2.45, 2.75) is 58.2 Å². The number of hydrogen-bond donors (Lipinski definition) is 1. The Kier molecular flexibility index (Phi) is 7.43. The largest absolute Gasteiger partial charge is 0.496 e. The Bertz CT molecular complexity index is 912. The van der Waals surface area contributed by atoms with E-state index in [0.717, 1.165) is 56.8 Å². The van der Waals surface area contributed by atoms with Crippen molar-refractivity contribution in [2.24, 2.45) is 5.92 Å². The predicted molar refractivity (Wildman–Crippen MR) is 125 cm³/mol. The molecule has 0 bridgehead atoms. The maximum absolute atomic E-state index is 12.9. The molecule has 2 aliphatic rings. The van der Waals surface area contributed by atoms with Gasteiger partial charge in [0.1, 0.15) is 11.9 Å². The van der Waals surface area contributed by atoms with Crippen molar-refractivity contribution in [3.63, 3.8) is 0 Å². The average molecular weight is 438 g/mol. The molecule has 0 spiro atoms. The summed E-state index contributed by atoms with van der Waals surface area (Å²) in [6.07, 6.45) is 5.41. The van der Waals surface area contributed by atoms with E-state index in [2.05, 4.69) is 41.2 Å². The summed E-state index contributed by atoms with van der Waals surface area (Å²) in [5.74, 6) is 1.25. The van der Waals surface area contributed by atoms with Crippen molar-refractivity contribution < 1.29 is 14.3 Å². The van der Waals surface area contributed by atoms with Crippen LogP contribution >= 0.6 is 0 Å². The first-order valence-corrected chi connectivity index (χ1v) is 11.7. The van der Waals surface area contributed by atoms with Gasteiger partial charge in [-0.15, -0.1) is 0 Å². The van der Waals surface area contributed by atoms with Gasteiger partial charge >= 0.3 is 0 Å². The van der Waals surface area contributed by atoms with Gasteiger partial charge in [0.2, 0.25) is 5.91 Å². The normalized spacial score (nSPS) is 22.5. The van der Waals surface area contributed by atoms with Crippen LogP contribution in [0.15, 0.2) is 36.5 Å². The maximum atomic E-state index is 12.9. The summed E-state index contributed by atoms with van der Waals surface area (Å²) >= 11 is 0. The number of nitrogens with zero attached hydrogens (tertiary/aromatic N) is 2. The number of pyridine rings is 1. The van der Waals surface area contributed by atoms with Crippen molar-refractivity contribution >= 4 is 5.91 Å². The molecule has 2 fully saturated rings. The minimum atomic E-state index is -0.328. The lowest BCUT2D eigenvalue weighted by Gasteiger charge is -2.37. The van der Waals surface area contributed by atoms with Crippen LogP contribution in [0.4, 0.5) is 0 Å². The van der Waals surface area contributed by atoms with E-state index in [1.807, 2.05) is 24.4 Å². The number of aromatic nitrogens is 1. The molecular weight excluding hydrogens is 402 g/mol. The van der Waals surface area contributed by atoms with Crippen molar-refractivity contribution in [1.82, 2.24) is 15.2 Å². The zero-order valence-electron chi connectivity index (χ0n) is 19.5. The average Bonchev–Trinajstić information content (AvgIpc) is 3.37. The molecule has 0 unspecified atom stereocenters. The molecule has 2 aromatic rings. The van der Waals surface area contributed by atoms with Crippen molar-refractivity contribution in [3.8, 4) is 5.75 Å². The van der Waals surface area contributed by atoms with E-state index in [9.17, 15) is 4.79 Å². The third-order valence-corrected chi connectivity index (χ3v) is 7.00. The number of benzene rings is 1. The molecule has 32 heavy (non-hydrogen) atoms. The topological polar surface area (TPSA) is 63.7 Å². The second-order valence-corrected chi connectivity index (χ2v) is 9.06. The zero-order valence-corrected chi connectivity index (χ0v) is 19.5. The zero-order chi connectivity index (χ0) is 22.5. The Morgan fingerprint density at radius 1 is 1.22 bits per heavy atom. The van der Waals surface area contributed by atoms with Gasteiger partial charge in [0.25, 0.3) is 0 Å². The van der Waals surface area contributed by atoms with Crippen LogP contribution in [-0.2, 0) is 16.1 Å². The highest BCUT2D eigenvalue weighted by Gasteiger charge is 2.33. The number of ether oxygens (including phenoxy) is 2. The van der Waals surface area contributed by atoms with E-state index < -0.39 is 0 Å². The van der Waals surface area contributed by atoms with Gasteiger partial charge in [-0.3, -0.25) is 14.7 Å².